The number of carboxylic acid groups (broad SMARTS) is 2. The van der Waals surface area contributed by atoms with Gasteiger partial charge in [-0.05, 0) is 10.8 Å². The molecule has 0 aliphatic carbocycles. The minimum Gasteiger partial charge on any atom is -0.481 e. The molecule has 0 aliphatic rings. The highest BCUT2D eigenvalue weighted by atomic mass is 16.4. The fraction of sp³-hybridized carbons (Fsp3) is 0.273. The molecule has 2 atom stereocenters. The molecular formula is C11H12N4O4. The molecule has 0 fully saturated rings. The van der Waals surface area contributed by atoms with Crippen LogP contribution in [0.15, 0.2) is 35.6 Å². The lowest BCUT2D eigenvalue weighted by Crippen LogP contribution is -2.39. The van der Waals surface area contributed by atoms with E-state index in [1.54, 1.807) is 30.3 Å². The van der Waals surface area contributed by atoms with Crippen LogP contribution in [0.3, 0.4) is 0 Å². The average Bonchev–Trinajstić information content (AvgIpc) is 2.38. The van der Waals surface area contributed by atoms with Crippen molar-refractivity contribution < 1.29 is 19.8 Å². The van der Waals surface area contributed by atoms with E-state index in [1.807, 2.05) is 0 Å². The normalized spacial score (nSPS) is 12.8. The Balaban J connectivity index is 3.09. The Labute approximate surface area is 108 Å². The molecule has 0 radical (unpaired) electrons. The fourth-order valence-corrected chi connectivity index (χ4v) is 1.72. The van der Waals surface area contributed by atoms with Gasteiger partial charge in [-0.25, -0.2) is 10.2 Å². The zero-order valence-electron chi connectivity index (χ0n) is 9.80. The maximum Gasteiger partial charge on any atom is 0.349 e. The molecule has 0 spiro atoms. The van der Waals surface area contributed by atoms with Crippen LogP contribution in [0.2, 0.25) is 0 Å². The molecular weight excluding hydrogens is 252 g/mol. The molecule has 0 saturated heterocycles. The Hall–Kier alpha value is -2.73. The zero-order valence-corrected chi connectivity index (χ0v) is 9.80. The quantitative estimate of drug-likeness (QED) is 0.297. The van der Waals surface area contributed by atoms with Gasteiger partial charge in [-0.1, -0.05) is 30.3 Å². The summed E-state index contributed by atoms with van der Waals surface area (Å²) in [5, 5.41) is 21.0. The molecule has 100 valence electrons. The fourth-order valence-electron chi connectivity index (χ4n) is 1.72. The van der Waals surface area contributed by atoms with Gasteiger partial charge in [-0.3, -0.25) is 4.79 Å². The van der Waals surface area contributed by atoms with Crippen molar-refractivity contribution in [2.75, 3.05) is 0 Å². The van der Waals surface area contributed by atoms with Crippen LogP contribution in [0.4, 0.5) is 0 Å². The largest absolute Gasteiger partial charge is 0.481 e. The predicted octanol–water partition coefficient (Wildman–Crippen LogP) is 1.51. The van der Waals surface area contributed by atoms with Crippen molar-refractivity contribution in [2.24, 2.45) is 5.22 Å². The number of carbonyl (C=O) groups is 2. The maximum absolute atomic E-state index is 11.2. The summed E-state index contributed by atoms with van der Waals surface area (Å²) >= 11 is 0. The lowest BCUT2D eigenvalue weighted by molar-refractivity contribution is -0.141. The second-order valence-corrected chi connectivity index (χ2v) is 3.75. The molecule has 1 rings (SSSR count). The van der Waals surface area contributed by atoms with Crippen LogP contribution >= 0.6 is 0 Å². The molecule has 8 nitrogen and oxygen atoms in total. The van der Waals surface area contributed by atoms with Gasteiger partial charge in [0.1, 0.15) is 0 Å². The molecule has 8 heteroatoms. The Morgan fingerprint density at radius 2 is 1.95 bits per heavy atom. The van der Waals surface area contributed by atoms with Gasteiger partial charge >= 0.3 is 11.9 Å². The summed E-state index contributed by atoms with van der Waals surface area (Å²) in [6.07, 6.45) is -0.394. The van der Waals surface area contributed by atoms with E-state index >= 15 is 0 Å². The van der Waals surface area contributed by atoms with Gasteiger partial charge in [0.15, 0.2) is 0 Å². The average molecular weight is 264 g/mol. The minimum absolute atomic E-state index is 0.394. The number of nitrogens with zero attached hydrogens (tertiary/aromatic N) is 3. The van der Waals surface area contributed by atoms with Crippen LogP contribution in [0.25, 0.3) is 10.4 Å². The SMILES string of the molecule is [N-]=[N+]=NNC(C(=O)O)C(CC(=O)O)c1ccccc1. The summed E-state index contributed by atoms with van der Waals surface area (Å²) in [7, 11) is 0. The second kappa shape index (κ2) is 6.87. The van der Waals surface area contributed by atoms with Crippen molar-refractivity contribution in [3.8, 4) is 0 Å². The Bertz CT molecular complexity index is 499. The lowest BCUT2D eigenvalue weighted by Gasteiger charge is -2.19. The van der Waals surface area contributed by atoms with Crippen LogP contribution in [0.5, 0.6) is 0 Å². The zero-order chi connectivity index (χ0) is 14.3. The van der Waals surface area contributed by atoms with Gasteiger partial charge < -0.3 is 10.2 Å². The maximum atomic E-state index is 11.2. The van der Waals surface area contributed by atoms with Gasteiger partial charge in [0, 0.05) is 5.92 Å². The third-order valence-electron chi connectivity index (χ3n) is 2.53. The van der Waals surface area contributed by atoms with Gasteiger partial charge in [0.25, 0.3) is 0 Å². The highest BCUT2D eigenvalue weighted by Crippen LogP contribution is 2.24. The second-order valence-electron chi connectivity index (χ2n) is 3.75. The summed E-state index contributed by atoms with van der Waals surface area (Å²) in [5.74, 6) is -3.27. The predicted molar refractivity (Wildman–Crippen MR) is 65.1 cm³/mol. The van der Waals surface area contributed by atoms with Crippen LogP contribution in [0.1, 0.15) is 17.9 Å². The van der Waals surface area contributed by atoms with E-state index < -0.39 is 30.3 Å². The van der Waals surface area contributed by atoms with E-state index in [2.05, 4.69) is 15.6 Å². The van der Waals surface area contributed by atoms with Crippen molar-refractivity contribution in [1.82, 2.24) is 5.43 Å². The topological polar surface area (TPSA) is 135 Å². The van der Waals surface area contributed by atoms with Gasteiger partial charge in [-0.2, -0.15) is 4.91 Å². The van der Waals surface area contributed by atoms with Crippen LogP contribution in [-0.4, -0.2) is 28.2 Å². The Morgan fingerprint density at radius 3 is 2.42 bits per heavy atom. The van der Waals surface area contributed by atoms with Crippen LogP contribution in [0, 0.1) is 0 Å². The van der Waals surface area contributed by atoms with Gasteiger partial charge in [0.2, 0.25) is 6.04 Å². The molecule has 0 saturated carbocycles. The molecule has 1 aromatic rings. The van der Waals surface area contributed by atoms with E-state index in [9.17, 15) is 9.59 Å². The Kier molecular flexibility index (Phi) is 5.18. The molecule has 0 bridgehead atoms. The van der Waals surface area contributed by atoms with Crippen molar-refractivity contribution in [3.63, 3.8) is 0 Å². The molecule has 0 amide bonds. The number of benzene rings is 1. The van der Waals surface area contributed by atoms with E-state index in [1.165, 1.54) is 0 Å². The van der Waals surface area contributed by atoms with Crippen molar-refractivity contribution in [3.05, 3.63) is 46.3 Å². The number of rotatable bonds is 7. The summed E-state index contributed by atoms with van der Waals surface area (Å²) in [4.78, 5) is 24.4. The van der Waals surface area contributed by atoms with Crippen molar-refractivity contribution in [2.45, 2.75) is 18.4 Å². The molecule has 2 unspecified atom stereocenters. The van der Waals surface area contributed by atoms with Crippen LogP contribution in [-0.2, 0) is 9.59 Å². The monoisotopic (exact) mass is 264 g/mol. The third kappa shape index (κ3) is 4.21. The number of carboxylic acids is 2. The molecule has 0 aliphatic heterocycles. The third-order valence-corrected chi connectivity index (χ3v) is 2.53. The standard InChI is InChI=1S/C11H12N4O4/c12-14-15-13-10(11(18)19)8(6-9(16)17)7-4-2-1-3-5-7/h1-5,8,10,13H,6H2,(H,16,17)(H,18,19). The molecule has 1 aromatic carbocycles. The summed E-state index contributed by atoms with van der Waals surface area (Å²) < 4.78 is 0. The van der Waals surface area contributed by atoms with Gasteiger partial charge in [-0.15, -0.1) is 5.53 Å². The van der Waals surface area contributed by atoms with Crippen LogP contribution < -0.4 is 5.43 Å². The number of nitrogens with one attached hydrogen (secondary N) is 1. The molecule has 19 heavy (non-hydrogen) atoms. The smallest absolute Gasteiger partial charge is 0.349 e. The first-order valence-electron chi connectivity index (χ1n) is 5.35. The van der Waals surface area contributed by atoms with Crippen molar-refractivity contribution in [1.29, 1.82) is 0 Å². The molecule has 0 aromatic heterocycles. The van der Waals surface area contributed by atoms with E-state index in [0.717, 1.165) is 0 Å². The molecule has 3 N–H and O–H groups in total. The lowest BCUT2D eigenvalue weighted by atomic mass is 9.89. The summed E-state index contributed by atoms with van der Waals surface area (Å²) in [5.41, 5.74) is 10.9. The highest BCUT2D eigenvalue weighted by Gasteiger charge is 2.33. The van der Waals surface area contributed by atoms with E-state index in [4.69, 9.17) is 15.7 Å². The van der Waals surface area contributed by atoms with E-state index in [-0.39, 0.29) is 0 Å². The van der Waals surface area contributed by atoms with Gasteiger partial charge in [0.05, 0.1) is 6.42 Å². The number of hydrogen-bond acceptors (Lipinski definition) is 3. The van der Waals surface area contributed by atoms with Crippen molar-refractivity contribution >= 4 is 11.9 Å². The molecule has 0 heterocycles. The van der Waals surface area contributed by atoms with E-state index in [0.29, 0.717) is 5.56 Å². The first kappa shape index (κ1) is 14.3. The first-order valence-corrected chi connectivity index (χ1v) is 5.35. The first-order chi connectivity index (χ1) is 9.06. The number of hydrogen-bond donors (Lipinski definition) is 3. The highest BCUT2D eigenvalue weighted by molar-refractivity contribution is 5.77. The Morgan fingerprint density at radius 1 is 1.32 bits per heavy atom. The minimum atomic E-state index is -1.31. The number of azide groups is 1. The number of aliphatic carboxylic acids is 2. The summed E-state index contributed by atoms with van der Waals surface area (Å²) in [6, 6.07) is 7.03. The summed E-state index contributed by atoms with van der Waals surface area (Å²) in [6.45, 7) is 0.